The summed E-state index contributed by atoms with van der Waals surface area (Å²) in [4.78, 5) is 35.1. The Morgan fingerprint density at radius 2 is 1.72 bits per heavy atom. The van der Waals surface area contributed by atoms with E-state index in [-0.39, 0.29) is 12.0 Å². The van der Waals surface area contributed by atoms with Crippen LogP contribution < -0.4 is 25.3 Å². The van der Waals surface area contributed by atoms with E-state index in [1.54, 1.807) is 17.5 Å². The van der Waals surface area contributed by atoms with Gasteiger partial charge in [0.1, 0.15) is 5.00 Å². The van der Waals surface area contributed by atoms with E-state index >= 15 is 0 Å². The number of methoxy groups -OCH3 is 3. The second-order valence-electron chi connectivity index (χ2n) is 5.77. The molecule has 0 saturated heterocycles. The molecular weight excluding hydrogens is 400 g/mol. The van der Waals surface area contributed by atoms with Crippen LogP contribution >= 0.6 is 11.3 Å². The summed E-state index contributed by atoms with van der Waals surface area (Å²) in [5, 5.41) is 4.44. The number of hydrogen-bond acceptors (Lipinski definition) is 8. The molecule has 2 aromatic rings. The van der Waals surface area contributed by atoms with Crippen LogP contribution in [0.25, 0.3) is 0 Å². The summed E-state index contributed by atoms with van der Waals surface area (Å²) in [5.41, 5.74) is 6.21. The molecule has 2 amide bonds. The van der Waals surface area contributed by atoms with Crippen molar-refractivity contribution in [2.45, 2.75) is 12.8 Å². The van der Waals surface area contributed by atoms with Crippen molar-refractivity contribution in [1.82, 2.24) is 0 Å². The number of esters is 1. The number of carbonyl (C=O) groups is 3. The van der Waals surface area contributed by atoms with Crippen LogP contribution in [0.3, 0.4) is 0 Å². The van der Waals surface area contributed by atoms with Crippen LogP contribution in [0.1, 0.15) is 22.3 Å². The van der Waals surface area contributed by atoms with E-state index in [0.717, 1.165) is 16.9 Å². The number of thiophene rings is 1. The molecule has 0 unspecified atom stereocenters. The Morgan fingerprint density at radius 1 is 1.07 bits per heavy atom. The minimum Gasteiger partial charge on any atom is -0.493 e. The molecule has 10 heteroatoms. The molecule has 0 spiro atoms. The SMILES string of the molecule is COc1cc(CCC(=O)OCC(=O)Nc2sccc2C(N)=O)cc(OC)c1OC. The third-order valence-corrected chi connectivity index (χ3v) is 4.72. The normalized spacial score (nSPS) is 10.2. The van der Waals surface area contributed by atoms with E-state index < -0.39 is 24.4 Å². The number of aryl methyl sites for hydroxylation is 1. The minimum atomic E-state index is -0.649. The van der Waals surface area contributed by atoms with Gasteiger partial charge in [0.15, 0.2) is 18.1 Å². The van der Waals surface area contributed by atoms with E-state index in [0.29, 0.717) is 28.7 Å². The van der Waals surface area contributed by atoms with Crippen LogP contribution in [0.5, 0.6) is 17.2 Å². The predicted octanol–water partition coefficient (Wildman–Crippen LogP) is 1.99. The number of rotatable bonds is 10. The van der Waals surface area contributed by atoms with Crippen molar-refractivity contribution in [2.24, 2.45) is 5.73 Å². The topological polar surface area (TPSA) is 126 Å². The number of nitrogens with one attached hydrogen (secondary N) is 1. The van der Waals surface area contributed by atoms with Crippen LogP contribution in [0, 0.1) is 0 Å². The van der Waals surface area contributed by atoms with Gasteiger partial charge < -0.3 is 30.0 Å². The zero-order valence-corrected chi connectivity index (χ0v) is 17.1. The zero-order chi connectivity index (χ0) is 21.4. The maximum absolute atomic E-state index is 12.0. The quantitative estimate of drug-likeness (QED) is 0.561. The fourth-order valence-corrected chi connectivity index (χ4v) is 3.32. The molecule has 9 nitrogen and oxygen atoms in total. The smallest absolute Gasteiger partial charge is 0.306 e. The Labute approximate surface area is 171 Å². The Morgan fingerprint density at radius 3 is 2.28 bits per heavy atom. The number of carbonyl (C=O) groups excluding carboxylic acids is 3. The van der Waals surface area contributed by atoms with E-state index in [9.17, 15) is 14.4 Å². The predicted molar refractivity (Wildman–Crippen MR) is 107 cm³/mol. The summed E-state index contributed by atoms with van der Waals surface area (Å²) in [5.74, 6) is -0.330. The molecule has 0 aliphatic heterocycles. The Hall–Kier alpha value is -3.27. The number of amides is 2. The highest BCUT2D eigenvalue weighted by molar-refractivity contribution is 7.14. The lowest BCUT2D eigenvalue weighted by Crippen LogP contribution is -2.22. The van der Waals surface area contributed by atoms with Crippen molar-refractivity contribution in [3.05, 3.63) is 34.7 Å². The van der Waals surface area contributed by atoms with Gasteiger partial charge in [-0.2, -0.15) is 0 Å². The average molecular weight is 422 g/mol. The molecule has 2 rings (SSSR count). The van der Waals surface area contributed by atoms with Gasteiger partial charge in [0.25, 0.3) is 11.8 Å². The summed E-state index contributed by atoms with van der Waals surface area (Å²) in [6.07, 6.45) is 0.408. The summed E-state index contributed by atoms with van der Waals surface area (Å²) >= 11 is 1.15. The Balaban J connectivity index is 1.87. The summed E-state index contributed by atoms with van der Waals surface area (Å²) < 4.78 is 20.8. The van der Waals surface area contributed by atoms with Crippen LogP contribution in [0.15, 0.2) is 23.6 Å². The molecule has 1 aromatic heterocycles. The summed E-state index contributed by atoms with van der Waals surface area (Å²) in [6, 6.07) is 4.99. The van der Waals surface area contributed by atoms with Gasteiger partial charge >= 0.3 is 5.97 Å². The van der Waals surface area contributed by atoms with Crippen molar-refractivity contribution in [2.75, 3.05) is 33.3 Å². The summed E-state index contributed by atoms with van der Waals surface area (Å²) in [6.45, 7) is -0.468. The van der Waals surface area contributed by atoms with E-state index in [1.165, 1.54) is 27.4 Å². The Bertz CT molecular complexity index is 869. The molecule has 29 heavy (non-hydrogen) atoms. The fraction of sp³-hybridized carbons (Fsp3) is 0.316. The highest BCUT2D eigenvalue weighted by atomic mass is 32.1. The van der Waals surface area contributed by atoms with Crippen molar-refractivity contribution >= 4 is 34.1 Å². The lowest BCUT2D eigenvalue weighted by molar-refractivity contribution is -0.147. The highest BCUT2D eigenvalue weighted by Gasteiger charge is 2.16. The molecule has 1 heterocycles. The number of hydrogen-bond donors (Lipinski definition) is 2. The number of nitrogens with two attached hydrogens (primary N) is 1. The van der Waals surface area contributed by atoms with Crippen molar-refractivity contribution in [3.63, 3.8) is 0 Å². The van der Waals surface area contributed by atoms with Crippen LogP contribution in [0.4, 0.5) is 5.00 Å². The lowest BCUT2D eigenvalue weighted by atomic mass is 10.1. The molecule has 0 aliphatic carbocycles. The maximum atomic E-state index is 12.0. The minimum absolute atomic E-state index is 0.0530. The second-order valence-corrected chi connectivity index (χ2v) is 6.69. The van der Waals surface area contributed by atoms with Gasteiger partial charge in [0, 0.05) is 6.42 Å². The number of anilines is 1. The first-order chi connectivity index (χ1) is 13.9. The van der Waals surface area contributed by atoms with Crippen molar-refractivity contribution in [3.8, 4) is 17.2 Å². The summed E-state index contributed by atoms with van der Waals surface area (Å²) in [7, 11) is 4.52. The molecule has 0 radical (unpaired) electrons. The zero-order valence-electron chi connectivity index (χ0n) is 16.3. The number of ether oxygens (including phenoxy) is 4. The van der Waals surface area contributed by atoms with Crippen molar-refractivity contribution in [1.29, 1.82) is 0 Å². The van der Waals surface area contributed by atoms with Gasteiger partial charge in [-0.25, -0.2) is 0 Å². The van der Waals surface area contributed by atoms with E-state index in [1.807, 2.05) is 0 Å². The molecule has 0 bridgehead atoms. The maximum Gasteiger partial charge on any atom is 0.306 e. The first-order valence-corrected chi connectivity index (χ1v) is 9.39. The van der Waals surface area contributed by atoms with Crippen LogP contribution in [-0.2, 0) is 20.7 Å². The van der Waals surface area contributed by atoms with Gasteiger partial charge in [0.2, 0.25) is 5.75 Å². The number of primary amides is 1. The van der Waals surface area contributed by atoms with E-state index in [2.05, 4.69) is 5.32 Å². The first-order valence-electron chi connectivity index (χ1n) is 8.51. The first kappa shape index (κ1) is 22.0. The van der Waals surface area contributed by atoms with Gasteiger partial charge in [-0.15, -0.1) is 11.3 Å². The van der Waals surface area contributed by atoms with Crippen LogP contribution in [0.2, 0.25) is 0 Å². The molecule has 0 saturated carbocycles. The molecule has 3 N–H and O–H groups in total. The third kappa shape index (κ3) is 5.85. The lowest BCUT2D eigenvalue weighted by Gasteiger charge is -2.14. The van der Waals surface area contributed by atoms with Gasteiger partial charge in [0.05, 0.1) is 26.9 Å². The highest BCUT2D eigenvalue weighted by Crippen LogP contribution is 2.38. The van der Waals surface area contributed by atoms with E-state index in [4.69, 9.17) is 24.7 Å². The molecule has 156 valence electrons. The molecule has 0 aliphatic rings. The fourth-order valence-electron chi connectivity index (χ4n) is 2.51. The van der Waals surface area contributed by atoms with Crippen molar-refractivity contribution < 1.29 is 33.3 Å². The average Bonchev–Trinajstić information content (AvgIpc) is 3.18. The largest absolute Gasteiger partial charge is 0.493 e. The number of benzene rings is 1. The monoisotopic (exact) mass is 422 g/mol. The molecule has 0 fully saturated rings. The van der Waals surface area contributed by atoms with Gasteiger partial charge in [-0.1, -0.05) is 0 Å². The third-order valence-electron chi connectivity index (χ3n) is 3.89. The standard InChI is InChI=1S/C19H22N2O7S/c1-25-13-8-11(9-14(26-2)17(13)27-3)4-5-16(23)28-10-15(22)21-19-12(18(20)24)6-7-29-19/h6-9H,4-5,10H2,1-3H3,(H2,20,24)(H,21,22). The van der Waals surface area contributed by atoms with Gasteiger partial charge in [-0.05, 0) is 35.6 Å². The van der Waals surface area contributed by atoms with Crippen LogP contribution in [-0.4, -0.2) is 45.7 Å². The molecule has 1 aromatic carbocycles. The van der Waals surface area contributed by atoms with Gasteiger partial charge in [-0.3, -0.25) is 14.4 Å². The molecular formula is C19H22N2O7S. The second kappa shape index (κ2) is 10.3. The Kier molecular flexibility index (Phi) is 7.84. The molecule has 0 atom stereocenters.